The highest BCUT2D eigenvalue weighted by molar-refractivity contribution is 8.00. The number of thioether (sulfide) groups is 1. The zero-order valence-corrected chi connectivity index (χ0v) is 19.7. The van der Waals surface area contributed by atoms with Crippen molar-refractivity contribution in [1.29, 1.82) is 0 Å². The fourth-order valence-electron chi connectivity index (χ4n) is 3.96. The van der Waals surface area contributed by atoms with Crippen LogP contribution in [-0.2, 0) is 16.1 Å². The molecule has 0 bridgehead atoms. The maximum Gasteiger partial charge on any atom is 0.339 e. The molecule has 1 saturated carbocycles. The molecule has 1 fully saturated rings. The molecule has 32 heavy (non-hydrogen) atoms. The Balaban J connectivity index is 1.31. The van der Waals surface area contributed by atoms with Gasteiger partial charge in [-0.3, -0.25) is 4.79 Å². The molecule has 1 aromatic heterocycles. The SMILES string of the molecule is O=C(CSc1ccccc1C(=O)OCc1nc2ccccc2s1)NC1CCCCCCC1. The second-order valence-electron chi connectivity index (χ2n) is 8.05. The number of nitrogens with zero attached hydrogens (tertiary/aromatic N) is 1. The number of hydrogen-bond acceptors (Lipinski definition) is 6. The second kappa shape index (κ2) is 11.5. The molecule has 0 spiro atoms. The monoisotopic (exact) mass is 468 g/mol. The van der Waals surface area contributed by atoms with Crippen molar-refractivity contribution in [1.82, 2.24) is 10.3 Å². The normalized spacial score (nSPS) is 15.1. The van der Waals surface area contributed by atoms with Crippen molar-refractivity contribution >= 4 is 45.2 Å². The first-order valence-electron chi connectivity index (χ1n) is 11.2. The number of benzene rings is 2. The van der Waals surface area contributed by atoms with Gasteiger partial charge in [0.2, 0.25) is 5.91 Å². The lowest BCUT2D eigenvalue weighted by Crippen LogP contribution is -2.36. The van der Waals surface area contributed by atoms with Crippen molar-refractivity contribution in [2.24, 2.45) is 0 Å². The number of carbonyl (C=O) groups excluding carboxylic acids is 2. The number of thiazole rings is 1. The zero-order chi connectivity index (χ0) is 22.2. The summed E-state index contributed by atoms with van der Waals surface area (Å²) in [6, 6.07) is 15.4. The van der Waals surface area contributed by atoms with E-state index in [0.717, 1.165) is 33.0 Å². The molecule has 3 aromatic rings. The van der Waals surface area contributed by atoms with Crippen LogP contribution in [0.5, 0.6) is 0 Å². The second-order valence-corrected chi connectivity index (χ2v) is 10.2. The lowest BCUT2D eigenvalue weighted by atomic mass is 9.97. The Labute approximate surface area is 197 Å². The van der Waals surface area contributed by atoms with Gasteiger partial charge in [0, 0.05) is 10.9 Å². The largest absolute Gasteiger partial charge is 0.455 e. The molecule has 1 aliphatic rings. The maximum atomic E-state index is 12.7. The summed E-state index contributed by atoms with van der Waals surface area (Å²) < 4.78 is 6.61. The van der Waals surface area contributed by atoms with E-state index < -0.39 is 5.97 Å². The number of esters is 1. The van der Waals surface area contributed by atoms with Gasteiger partial charge in [-0.1, -0.05) is 56.4 Å². The molecule has 1 aliphatic carbocycles. The molecular formula is C25H28N2O3S2. The number of amides is 1. The average Bonchev–Trinajstić information content (AvgIpc) is 3.21. The first kappa shape index (κ1) is 22.8. The summed E-state index contributed by atoms with van der Waals surface area (Å²) >= 11 is 2.91. The summed E-state index contributed by atoms with van der Waals surface area (Å²) in [6.07, 6.45) is 8.31. The maximum absolute atomic E-state index is 12.7. The van der Waals surface area contributed by atoms with E-state index in [1.54, 1.807) is 6.07 Å². The van der Waals surface area contributed by atoms with Crippen LogP contribution in [0, 0.1) is 0 Å². The fraction of sp³-hybridized carbons (Fsp3) is 0.400. The van der Waals surface area contributed by atoms with Crippen molar-refractivity contribution in [3.63, 3.8) is 0 Å². The zero-order valence-electron chi connectivity index (χ0n) is 18.0. The molecule has 0 atom stereocenters. The van der Waals surface area contributed by atoms with E-state index in [4.69, 9.17) is 4.74 Å². The quantitative estimate of drug-likeness (QED) is 0.341. The number of carbonyl (C=O) groups is 2. The molecule has 1 amide bonds. The van der Waals surface area contributed by atoms with E-state index in [0.29, 0.717) is 11.3 Å². The lowest BCUT2D eigenvalue weighted by Gasteiger charge is -2.21. The predicted molar refractivity (Wildman–Crippen MR) is 130 cm³/mol. The van der Waals surface area contributed by atoms with Gasteiger partial charge in [-0.15, -0.1) is 23.1 Å². The fourth-order valence-corrected chi connectivity index (χ4v) is 5.69. The Kier molecular flexibility index (Phi) is 8.18. The highest BCUT2D eigenvalue weighted by Crippen LogP contribution is 2.26. The average molecular weight is 469 g/mol. The highest BCUT2D eigenvalue weighted by atomic mass is 32.2. The summed E-state index contributed by atoms with van der Waals surface area (Å²) in [5, 5.41) is 3.95. The van der Waals surface area contributed by atoms with E-state index in [2.05, 4.69) is 10.3 Å². The van der Waals surface area contributed by atoms with Gasteiger partial charge in [-0.05, 0) is 37.1 Å². The smallest absolute Gasteiger partial charge is 0.339 e. The first-order chi connectivity index (χ1) is 15.7. The number of nitrogens with one attached hydrogen (secondary N) is 1. The van der Waals surface area contributed by atoms with Gasteiger partial charge in [0.1, 0.15) is 11.6 Å². The van der Waals surface area contributed by atoms with Gasteiger partial charge in [0.15, 0.2) is 0 Å². The first-order valence-corrected chi connectivity index (χ1v) is 13.0. The van der Waals surface area contributed by atoms with Crippen molar-refractivity contribution < 1.29 is 14.3 Å². The Hall–Kier alpha value is -2.38. The summed E-state index contributed by atoms with van der Waals surface area (Å²) in [4.78, 5) is 30.5. The third-order valence-electron chi connectivity index (χ3n) is 5.60. The lowest BCUT2D eigenvalue weighted by molar-refractivity contribution is -0.119. The molecule has 0 saturated heterocycles. The molecule has 1 heterocycles. The van der Waals surface area contributed by atoms with Crippen LogP contribution in [-0.4, -0.2) is 28.7 Å². The Morgan fingerprint density at radius 1 is 1.00 bits per heavy atom. The number of fused-ring (bicyclic) bond motifs is 1. The van der Waals surface area contributed by atoms with Crippen LogP contribution >= 0.6 is 23.1 Å². The van der Waals surface area contributed by atoms with Crippen LogP contribution in [0.1, 0.15) is 60.3 Å². The minimum atomic E-state index is -0.396. The molecule has 4 rings (SSSR count). The minimum absolute atomic E-state index is 0.0261. The third-order valence-corrected chi connectivity index (χ3v) is 7.68. The summed E-state index contributed by atoms with van der Waals surface area (Å²) in [5.74, 6) is -0.0791. The molecule has 168 valence electrons. The molecule has 0 unspecified atom stereocenters. The molecule has 2 aromatic carbocycles. The minimum Gasteiger partial charge on any atom is -0.455 e. The standard InChI is InChI=1S/C25H28N2O3S2/c28-23(26-18-10-4-2-1-3-5-11-18)17-31-21-14-8-6-12-19(21)25(29)30-16-24-27-20-13-7-9-15-22(20)32-24/h6-9,12-15,18H,1-5,10-11,16-17H2,(H,26,28). The van der Waals surface area contributed by atoms with Crippen molar-refractivity contribution in [2.45, 2.75) is 62.5 Å². The van der Waals surface area contributed by atoms with Crippen molar-refractivity contribution in [3.05, 3.63) is 59.1 Å². The molecule has 7 heteroatoms. The Bertz CT molecular complexity index is 1030. The molecule has 5 nitrogen and oxygen atoms in total. The van der Waals surface area contributed by atoms with Gasteiger partial charge >= 0.3 is 5.97 Å². The summed E-state index contributed by atoms with van der Waals surface area (Å²) in [6.45, 7) is 0.138. The number of rotatable bonds is 7. The topological polar surface area (TPSA) is 68.3 Å². The van der Waals surface area contributed by atoms with Crippen LogP contribution in [0.15, 0.2) is 53.4 Å². The van der Waals surface area contributed by atoms with E-state index in [9.17, 15) is 9.59 Å². The van der Waals surface area contributed by atoms with Gasteiger partial charge < -0.3 is 10.1 Å². The van der Waals surface area contributed by atoms with Gasteiger partial charge in [0.05, 0.1) is 21.5 Å². The van der Waals surface area contributed by atoms with E-state index >= 15 is 0 Å². The van der Waals surface area contributed by atoms with Crippen molar-refractivity contribution in [3.8, 4) is 0 Å². The van der Waals surface area contributed by atoms with E-state index in [-0.39, 0.29) is 18.6 Å². The molecular weight excluding hydrogens is 440 g/mol. The van der Waals surface area contributed by atoms with E-state index in [1.807, 2.05) is 42.5 Å². The number of aromatic nitrogens is 1. The molecule has 0 radical (unpaired) electrons. The van der Waals surface area contributed by atoms with Gasteiger partial charge in [-0.2, -0.15) is 0 Å². The summed E-state index contributed by atoms with van der Waals surface area (Å²) in [7, 11) is 0. The van der Waals surface area contributed by atoms with Crippen LogP contribution in [0.2, 0.25) is 0 Å². The molecule has 0 aliphatic heterocycles. The third kappa shape index (κ3) is 6.33. The number of para-hydroxylation sites is 1. The predicted octanol–water partition coefficient (Wildman–Crippen LogP) is 5.97. The van der Waals surface area contributed by atoms with Gasteiger partial charge in [0.25, 0.3) is 0 Å². The van der Waals surface area contributed by atoms with Crippen molar-refractivity contribution in [2.75, 3.05) is 5.75 Å². The Morgan fingerprint density at radius 3 is 2.53 bits per heavy atom. The number of hydrogen-bond donors (Lipinski definition) is 1. The Morgan fingerprint density at radius 2 is 1.72 bits per heavy atom. The van der Waals surface area contributed by atoms with E-state index in [1.165, 1.54) is 55.2 Å². The molecule has 1 N–H and O–H groups in total. The van der Waals surface area contributed by atoms with Crippen LogP contribution < -0.4 is 5.32 Å². The van der Waals surface area contributed by atoms with Crippen LogP contribution in [0.25, 0.3) is 10.2 Å². The summed E-state index contributed by atoms with van der Waals surface area (Å²) in [5.41, 5.74) is 1.40. The van der Waals surface area contributed by atoms with Gasteiger partial charge in [-0.25, -0.2) is 9.78 Å². The van der Waals surface area contributed by atoms with Crippen LogP contribution in [0.3, 0.4) is 0 Å². The number of ether oxygens (including phenoxy) is 1. The van der Waals surface area contributed by atoms with Crippen LogP contribution in [0.4, 0.5) is 0 Å². The highest BCUT2D eigenvalue weighted by Gasteiger charge is 2.17.